The van der Waals surface area contributed by atoms with E-state index in [2.05, 4.69) is 26.2 Å². The Morgan fingerprint density at radius 3 is 2.84 bits per heavy atom. The minimum absolute atomic E-state index is 0.0420. The number of likely N-dealkylation sites (N-methyl/N-ethyl adjacent to an activating group) is 1. The van der Waals surface area contributed by atoms with Gasteiger partial charge in [-0.3, -0.25) is 0 Å². The van der Waals surface area contributed by atoms with Crippen molar-refractivity contribution < 1.29 is 4.39 Å². The molecule has 0 aliphatic carbocycles. The Morgan fingerprint density at radius 2 is 2.26 bits per heavy atom. The Morgan fingerprint density at radius 1 is 1.47 bits per heavy atom. The van der Waals surface area contributed by atoms with Crippen molar-refractivity contribution in [1.82, 2.24) is 10.3 Å². The maximum atomic E-state index is 14.0. The zero-order valence-corrected chi connectivity index (χ0v) is 13.3. The summed E-state index contributed by atoms with van der Waals surface area (Å²) in [4.78, 5) is 4.45. The first-order chi connectivity index (χ1) is 9.10. The van der Waals surface area contributed by atoms with Crippen molar-refractivity contribution >= 4 is 27.3 Å². The Labute approximate surface area is 125 Å². The topological polar surface area (TPSA) is 24.9 Å². The first kappa shape index (κ1) is 14.6. The second-order valence-electron chi connectivity index (χ2n) is 4.34. The number of halogens is 2. The van der Waals surface area contributed by atoms with Crippen molar-refractivity contribution in [3.05, 3.63) is 50.1 Å². The molecule has 0 spiro atoms. The maximum absolute atomic E-state index is 14.0. The van der Waals surface area contributed by atoms with Gasteiger partial charge in [-0.25, -0.2) is 9.37 Å². The van der Waals surface area contributed by atoms with Crippen LogP contribution in [0.25, 0.3) is 0 Å². The number of hydrogen-bond acceptors (Lipinski definition) is 3. The third-order valence-corrected chi connectivity index (χ3v) is 4.18. The molecule has 1 aromatic heterocycles. The molecule has 0 saturated carbocycles. The van der Waals surface area contributed by atoms with Crippen molar-refractivity contribution in [2.75, 3.05) is 6.54 Å². The van der Waals surface area contributed by atoms with E-state index in [0.29, 0.717) is 12.0 Å². The predicted octanol–water partition coefficient (Wildman–Crippen LogP) is 4.25. The fourth-order valence-electron chi connectivity index (χ4n) is 2.03. The second kappa shape index (κ2) is 6.59. The summed E-state index contributed by atoms with van der Waals surface area (Å²) in [5.74, 6) is -0.188. The van der Waals surface area contributed by atoms with Crippen LogP contribution in [0.3, 0.4) is 0 Å². The van der Waals surface area contributed by atoms with E-state index < -0.39 is 0 Å². The highest BCUT2D eigenvalue weighted by atomic mass is 79.9. The van der Waals surface area contributed by atoms with Crippen molar-refractivity contribution in [3.63, 3.8) is 0 Å². The Bertz CT molecular complexity index is 556. The average molecular weight is 343 g/mol. The van der Waals surface area contributed by atoms with Gasteiger partial charge in [0.2, 0.25) is 0 Å². The zero-order chi connectivity index (χ0) is 13.8. The van der Waals surface area contributed by atoms with Crippen LogP contribution >= 0.6 is 27.3 Å². The summed E-state index contributed by atoms with van der Waals surface area (Å²) in [5, 5.41) is 6.41. The van der Waals surface area contributed by atoms with Gasteiger partial charge in [0.1, 0.15) is 5.82 Å². The number of nitrogens with one attached hydrogen (secondary N) is 1. The molecule has 0 aliphatic heterocycles. The molecule has 1 unspecified atom stereocenters. The van der Waals surface area contributed by atoms with Crippen molar-refractivity contribution in [3.8, 4) is 0 Å². The van der Waals surface area contributed by atoms with E-state index in [4.69, 9.17) is 0 Å². The second-order valence-corrected chi connectivity index (χ2v) is 6.32. The molecular formula is C14H16BrFN2S. The van der Waals surface area contributed by atoms with Gasteiger partial charge in [0, 0.05) is 27.9 Å². The highest BCUT2D eigenvalue weighted by Gasteiger charge is 2.16. The SMILES string of the molecule is CCNC(Cc1csc(C)n1)c1ccc(Br)cc1F. The molecule has 0 fully saturated rings. The summed E-state index contributed by atoms with van der Waals surface area (Å²) in [6.45, 7) is 4.80. The van der Waals surface area contributed by atoms with Gasteiger partial charge in [-0.1, -0.05) is 28.9 Å². The van der Waals surface area contributed by atoms with Crippen molar-refractivity contribution in [2.24, 2.45) is 0 Å². The van der Waals surface area contributed by atoms with E-state index in [1.165, 1.54) is 6.07 Å². The summed E-state index contributed by atoms with van der Waals surface area (Å²) < 4.78 is 14.8. The standard InChI is InChI=1S/C14H16BrFN2S/c1-3-17-14(7-11-8-19-9(2)18-11)12-5-4-10(15)6-13(12)16/h4-6,8,14,17H,3,7H2,1-2H3. The molecule has 1 N–H and O–H groups in total. The zero-order valence-electron chi connectivity index (χ0n) is 10.9. The van der Waals surface area contributed by atoms with Crippen LogP contribution in [0.5, 0.6) is 0 Å². The van der Waals surface area contributed by atoms with Gasteiger partial charge in [-0.05, 0) is 25.6 Å². The van der Waals surface area contributed by atoms with Gasteiger partial charge in [-0.2, -0.15) is 0 Å². The van der Waals surface area contributed by atoms with Gasteiger partial charge < -0.3 is 5.32 Å². The average Bonchev–Trinajstić information content (AvgIpc) is 2.74. The molecule has 1 atom stereocenters. The highest BCUT2D eigenvalue weighted by molar-refractivity contribution is 9.10. The predicted molar refractivity (Wildman–Crippen MR) is 81.1 cm³/mol. The Balaban J connectivity index is 2.23. The number of aryl methyl sites for hydroxylation is 1. The van der Waals surface area contributed by atoms with Gasteiger partial charge in [-0.15, -0.1) is 11.3 Å². The van der Waals surface area contributed by atoms with Crippen LogP contribution in [0.1, 0.15) is 29.2 Å². The molecule has 0 bridgehead atoms. The van der Waals surface area contributed by atoms with Crippen molar-refractivity contribution in [2.45, 2.75) is 26.3 Å². The molecule has 2 aromatic rings. The van der Waals surface area contributed by atoms with E-state index in [9.17, 15) is 4.39 Å². The Kier molecular flexibility index (Phi) is 5.07. The third-order valence-electron chi connectivity index (χ3n) is 2.87. The van der Waals surface area contributed by atoms with E-state index in [0.717, 1.165) is 21.7 Å². The van der Waals surface area contributed by atoms with Crippen LogP contribution in [0, 0.1) is 12.7 Å². The van der Waals surface area contributed by atoms with E-state index in [-0.39, 0.29) is 11.9 Å². The van der Waals surface area contributed by atoms with Crippen LogP contribution in [-0.2, 0) is 6.42 Å². The smallest absolute Gasteiger partial charge is 0.129 e. The molecule has 5 heteroatoms. The van der Waals surface area contributed by atoms with E-state index in [1.54, 1.807) is 11.3 Å². The molecule has 19 heavy (non-hydrogen) atoms. The third kappa shape index (κ3) is 3.84. The summed E-state index contributed by atoms with van der Waals surface area (Å²) in [6.07, 6.45) is 0.705. The molecule has 102 valence electrons. The van der Waals surface area contributed by atoms with Crippen LogP contribution < -0.4 is 5.32 Å². The van der Waals surface area contributed by atoms with E-state index in [1.807, 2.05) is 31.4 Å². The molecule has 0 amide bonds. The van der Waals surface area contributed by atoms with Gasteiger partial charge in [0.25, 0.3) is 0 Å². The lowest BCUT2D eigenvalue weighted by atomic mass is 10.0. The van der Waals surface area contributed by atoms with Gasteiger partial charge >= 0.3 is 0 Å². The van der Waals surface area contributed by atoms with Crippen molar-refractivity contribution in [1.29, 1.82) is 0 Å². The number of benzene rings is 1. The number of thiazole rings is 1. The summed E-state index contributed by atoms with van der Waals surface area (Å²) >= 11 is 4.91. The summed E-state index contributed by atoms with van der Waals surface area (Å²) in [6, 6.07) is 5.16. The normalized spacial score (nSPS) is 12.6. The van der Waals surface area contributed by atoms with Gasteiger partial charge in [0.05, 0.1) is 10.7 Å². The minimum atomic E-state index is -0.188. The lowest BCUT2D eigenvalue weighted by Crippen LogP contribution is -2.24. The number of rotatable bonds is 5. The fourth-order valence-corrected chi connectivity index (χ4v) is 2.99. The molecule has 0 aliphatic rings. The first-order valence-electron chi connectivity index (χ1n) is 6.19. The highest BCUT2D eigenvalue weighted by Crippen LogP contribution is 2.24. The van der Waals surface area contributed by atoms with Crippen LogP contribution in [0.15, 0.2) is 28.1 Å². The Hall–Kier alpha value is -0.780. The monoisotopic (exact) mass is 342 g/mol. The molecule has 0 radical (unpaired) electrons. The maximum Gasteiger partial charge on any atom is 0.129 e. The molecule has 0 saturated heterocycles. The van der Waals surface area contributed by atoms with Gasteiger partial charge in [0.15, 0.2) is 0 Å². The number of hydrogen-bond donors (Lipinski definition) is 1. The van der Waals surface area contributed by atoms with Crippen LogP contribution in [0.2, 0.25) is 0 Å². The quantitative estimate of drug-likeness (QED) is 0.878. The van der Waals surface area contributed by atoms with Crippen LogP contribution in [-0.4, -0.2) is 11.5 Å². The van der Waals surface area contributed by atoms with E-state index >= 15 is 0 Å². The first-order valence-corrected chi connectivity index (χ1v) is 7.86. The summed E-state index contributed by atoms with van der Waals surface area (Å²) in [7, 11) is 0. The summed E-state index contributed by atoms with van der Waals surface area (Å²) in [5.41, 5.74) is 1.70. The number of aromatic nitrogens is 1. The molecule has 1 heterocycles. The molecule has 2 nitrogen and oxygen atoms in total. The van der Waals surface area contributed by atoms with Crippen LogP contribution in [0.4, 0.5) is 4.39 Å². The lowest BCUT2D eigenvalue weighted by molar-refractivity contribution is 0.506. The minimum Gasteiger partial charge on any atom is -0.310 e. The molecule has 1 aromatic carbocycles. The largest absolute Gasteiger partial charge is 0.310 e. The fraction of sp³-hybridized carbons (Fsp3) is 0.357. The molecule has 2 rings (SSSR count). The molecular weight excluding hydrogens is 327 g/mol. The number of nitrogens with zero attached hydrogens (tertiary/aromatic N) is 1. The lowest BCUT2D eigenvalue weighted by Gasteiger charge is -2.18.